The number of rotatable bonds is 3. The topological polar surface area (TPSA) is 78.0 Å². The summed E-state index contributed by atoms with van der Waals surface area (Å²) >= 11 is 5.20. The molecule has 2 aliphatic rings. The molecule has 1 amide bonds. The molecule has 0 spiro atoms. The Morgan fingerprint density at radius 3 is 2.53 bits per heavy atom. The average molecular weight is 284 g/mol. The van der Waals surface area contributed by atoms with Gasteiger partial charge in [0.1, 0.15) is 0 Å². The third-order valence-corrected chi connectivity index (χ3v) is 4.35. The lowest BCUT2D eigenvalue weighted by molar-refractivity contribution is -0.300. The first-order valence-corrected chi connectivity index (χ1v) is 7.11. The number of hydrogen-bond acceptors (Lipinski definition) is 3. The van der Waals surface area contributed by atoms with Gasteiger partial charge in [-0.2, -0.15) is 0 Å². The fourth-order valence-electron chi connectivity index (χ4n) is 3.11. The SMILES string of the molecule is COC1CCC([C@@H]2NC(=S)NC(C)=C2C([NH3+])=O)CC1. The third-order valence-electron chi connectivity index (χ3n) is 4.13. The lowest BCUT2D eigenvalue weighted by Gasteiger charge is -2.37. The Labute approximate surface area is 118 Å². The summed E-state index contributed by atoms with van der Waals surface area (Å²) in [6, 6.07) is -0.00319. The minimum atomic E-state index is -0.126. The molecule has 0 aromatic heterocycles. The molecular formula is C13H22N3O2S+. The summed E-state index contributed by atoms with van der Waals surface area (Å²) in [4.78, 5) is 11.8. The van der Waals surface area contributed by atoms with Gasteiger partial charge >= 0.3 is 5.91 Å². The van der Waals surface area contributed by atoms with Crippen LogP contribution in [0.1, 0.15) is 32.6 Å². The summed E-state index contributed by atoms with van der Waals surface area (Å²) in [5.74, 6) is 0.293. The Bertz CT molecular complexity index is 414. The summed E-state index contributed by atoms with van der Waals surface area (Å²) < 4.78 is 5.39. The van der Waals surface area contributed by atoms with Gasteiger partial charge in [-0.1, -0.05) is 0 Å². The van der Waals surface area contributed by atoms with Gasteiger partial charge in [0, 0.05) is 12.8 Å². The predicted octanol–water partition coefficient (Wildman–Crippen LogP) is 0.0804. The van der Waals surface area contributed by atoms with E-state index in [-0.39, 0.29) is 11.9 Å². The van der Waals surface area contributed by atoms with Gasteiger partial charge in [0.25, 0.3) is 0 Å². The van der Waals surface area contributed by atoms with Crippen LogP contribution >= 0.6 is 12.2 Å². The van der Waals surface area contributed by atoms with Gasteiger partial charge in [-0.15, -0.1) is 0 Å². The number of hydrogen-bond donors (Lipinski definition) is 3. The maximum atomic E-state index is 11.8. The highest BCUT2D eigenvalue weighted by molar-refractivity contribution is 7.80. The van der Waals surface area contributed by atoms with E-state index in [9.17, 15) is 4.79 Å². The van der Waals surface area contributed by atoms with Crippen molar-refractivity contribution in [1.82, 2.24) is 10.6 Å². The van der Waals surface area contributed by atoms with Crippen LogP contribution in [0.5, 0.6) is 0 Å². The molecular weight excluding hydrogens is 262 g/mol. The number of thiocarbonyl (C=S) groups is 1. The van der Waals surface area contributed by atoms with E-state index in [0.29, 0.717) is 17.1 Å². The van der Waals surface area contributed by atoms with Crippen molar-refractivity contribution in [2.24, 2.45) is 5.92 Å². The average Bonchev–Trinajstić information content (AvgIpc) is 2.37. The molecule has 1 heterocycles. The Kier molecular flexibility index (Phi) is 4.54. The normalized spacial score (nSPS) is 31.7. The van der Waals surface area contributed by atoms with Gasteiger partial charge in [0.2, 0.25) is 0 Å². The molecule has 1 aliphatic heterocycles. The van der Waals surface area contributed by atoms with Crippen molar-refractivity contribution >= 4 is 23.2 Å². The van der Waals surface area contributed by atoms with E-state index in [1.165, 1.54) is 0 Å². The van der Waals surface area contributed by atoms with Gasteiger partial charge in [-0.3, -0.25) is 5.73 Å². The van der Waals surface area contributed by atoms with Crippen molar-refractivity contribution < 1.29 is 15.3 Å². The second-order valence-electron chi connectivity index (χ2n) is 5.31. The number of allylic oxidation sites excluding steroid dienone is 1. The molecule has 6 heteroatoms. The molecule has 1 fully saturated rings. The lowest BCUT2D eigenvalue weighted by Crippen LogP contribution is -2.64. The van der Waals surface area contributed by atoms with Crippen LogP contribution in [0.25, 0.3) is 0 Å². The summed E-state index contributed by atoms with van der Waals surface area (Å²) in [6.45, 7) is 1.89. The van der Waals surface area contributed by atoms with Gasteiger partial charge in [-0.25, -0.2) is 4.79 Å². The summed E-state index contributed by atoms with van der Waals surface area (Å²) in [5, 5.41) is 6.85. The lowest BCUT2D eigenvalue weighted by atomic mass is 9.78. The van der Waals surface area contributed by atoms with E-state index in [2.05, 4.69) is 16.4 Å². The van der Waals surface area contributed by atoms with E-state index >= 15 is 0 Å². The molecule has 1 aliphatic carbocycles. The van der Waals surface area contributed by atoms with Crippen LogP contribution in [0.3, 0.4) is 0 Å². The van der Waals surface area contributed by atoms with E-state index in [1.54, 1.807) is 7.11 Å². The summed E-state index contributed by atoms with van der Waals surface area (Å²) in [7, 11) is 1.76. The summed E-state index contributed by atoms with van der Waals surface area (Å²) in [6.07, 6.45) is 4.52. The highest BCUT2D eigenvalue weighted by Crippen LogP contribution is 2.32. The maximum Gasteiger partial charge on any atom is 0.340 e. The van der Waals surface area contributed by atoms with Crippen molar-refractivity contribution in [1.29, 1.82) is 0 Å². The number of ether oxygens (including phenoxy) is 1. The first kappa shape index (κ1) is 14.4. The Balaban J connectivity index is 2.15. The van der Waals surface area contributed by atoms with Crippen LogP contribution in [0.4, 0.5) is 0 Å². The molecule has 5 N–H and O–H groups in total. The smallest absolute Gasteiger partial charge is 0.340 e. The quantitative estimate of drug-likeness (QED) is 0.640. The largest absolute Gasteiger partial charge is 0.381 e. The van der Waals surface area contributed by atoms with Gasteiger partial charge < -0.3 is 15.4 Å². The van der Waals surface area contributed by atoms with Crippen LogP contribution < -0.4 is 16.4 Å². The van der Waals surface area contributed by atoms with Crippen molar-refractivity contribution in [2.45, 2.75) is 44.8 Å². The number of amides is 1. The molecule has 5 nitrogen and oxygen atoms in total. The van der Waals surface area contributed by atoms with Crippen LogP contribution in [0, 0.1) is 5.92 Å². The molecule has 19 heavy (non-hydrogen) atoms. The van der Waals surface area contributed by atoms with Crippen molar-refractivity contribution in [3.8, 4) is 0 Å². The number of carbonyl (C=O) groups is 1. The second-order valence-corrected chi connectivity index (χ2v) is 5.72. The fourth-order valence-corrected chi connectivity index (χ4v) is 3.39. The zero-order valence-electron chi connectivity index (χ0n) is 11.5. The molecule has 0 unspecified atom stereocenters. The molecule has 2 rings (SSSR count). The minimum absolute atomic E-state index is 0.00319. The predicted molar refractivity (Wildman–Crippen MR) is 76.0 cm³/mol. The first-order chi connectivity index (χ1) is 9.02. The molecule has 1 saturated carbocycles. The highest BCUT2D eigenvalue weighted by Gasteiger charge is 2.36. The fraction of sp³-hybridized carbons (Fsp3) is 0.692. The molecule has 0 radical (unpaired) electrons. The number of quaternary nitrogens is 1. The van der Waals surface area contributed by atoms with Crippen LogP contribution in [0.2, 0.25) is 0 Å². The molecule has 0 aromatic rings. The monoisotopic (exact) mass is 284 g/mol. The van der Waals surface area contributed by atoms with Crippen LogP contribution in [-0.2, 0) is 9.53 Å². The minimum Gasteiger partial charge on any atom is -0.381 e. The summed E-state index contributed by atoms with van der Waals surface area (Å²) in [5.41, 5.74) is 5.15. The molecule has 106 valence electrons. The Hall–Kier alpha value is -0.980. The van der Waals surface area contributed by atoms with Crippen molar-refractivity contribution in [2.75, 3.05) is 7.11 Å². The Morgan fingerprint density at radius 2 is 2.00 bits per heavy atom. The standard InChI is InChI=1S/C13H21N3O2S/c1-7-10(12(14)17)11(16-13(19)15-7)8-3-5-9(18-2)6-4-8/h8-9,11H,3-6H2,1-2H3,(H2,14,17)(H2,15,16,19)/p+1/t8?,9?,11-/m0/s1. The highest BCUT2D eigenvalue weighted by atomic mass is 32.1. The molecule has 0 aromatic carbocycles. The number of carbonyl (C=O) groups excluding carboxylic acids is 1. The van der Waals surface area contributed by atoms with Crippen molar-refractivity contribution in [3.05, 3.63) is 11.3 Å². The third kappa shape index (κ3) is 3.13. The second kappa shape index (κ2) is 5.98. The van der Waals surface area contributed by atoms with Crippen molar-refractivity contribution in [3.63, 3.8) is 0 Å². The van der Waals surface area contributed by atoms with E-state index in [0.717, 1.165) is 37.0 Å². The van der Waals surface area contributed by atoms with E-state index < -0.39 is 0 Å². The number of nitrogens with one attached hydrogen (secondary N) is 2. The van der Waals surface area contributed by atoms with E-state index in [1.807, 2.05) is 6.92 Å². The zero-order chi connectivity index (χ0) is 14.0. The molecule has 0 saturated heterocycles. The zero-order valence-corrected chi connectivity index (χ0v) is 12.3. The molecule has 1 atom stereocenters. The van der Waals surface area contributed by atoms with Crippen LogP contribution in [0.15, 0.2) is 11.3 Å². The number of methoxy groups -OCH3 is 1. The maximum absolute atomic E-state index is 11.8. The van der Waals surface area contributed by atoms with E-state index in [4.69, 9.17) is 17.0 Å². The van der Waals surface area contributed by atoms with Crippen LogP contribution in [-0.4, -0.2) is 30.3 Å². The Morgan fingerprint density at radius 1 is 1.37 bits per heavy atom. The van der Waals surface area contributed by atoms with Gasteiger partial charge in [-0.05, 0) is 50.7 Å². The van der Waals surface area contributed by atoms with Gasteiger partial charge in [0.15, 0.2) is 5.11 Å². The molecule has 0 bridgehead atoms. The first-order valence-electron chi connectivity index (χ1n) is 6.70. The van der Waals surface area contributed by atoms with Gasteiger partial charge in [0.05, 0.1) is 17.7 Å².